The number of carbonyl (C=O) groups is 1. The lowest BCUT2D eigenvalue weighted by Gasteiger charge is -2.21. The number of amides is 1. The average molecular weight is 496 g/mol. The Morgan fingerprint density at radius 2 is 1.78 bits per heavy atom. The first-order valence-corrected chi connectivity index (χ1v) is 12.2. The first-order valence-electron chi connectivity index (χ1n) is 12.2. The van der Waals surface area contributed by atoms with E-state index in [-0.39, 0.29) is 23.6 Å². The number of pyridine rings is 1. The third kappa shape index (κ3) is 6.95. The number of para-hydroxylation sites is 1. The summed E-state index contributed by atoms with van der Waals surface area (Å²) in [6.07, 6.45) is 9.44. The van der Waals surface area contributed by atoms with Crippen molar-refractivity contribution in [2.24, 2.45) is 0 Å². The highest BCUT2D eigenvalue weighted by molar-refractivity contribution is 5.72. The Bertz CT molecular complexity index is 1410. The summed E-state index contributed by atoms with van der Waals surface area (Å²) in [6, 6.07) is 22.5. The van der Waals surface area contributed by atoms with Crippen molar-refractivity contribution in [3.8, 4) is 12.3 Å². The van der Waals surface area contributed by atoms with Gasteiger partial charge in [0.2, 0.25) is 0 Å². The molecule has 0 fully saturated rings. The van der Waals surface area contributed by atoms with E-state index in [1.165, 1.54) is 4.68 Å². The van der Waals surface area contributed by atoms with E-state index < -0.39 is 6.09 Å². The fourth-order valence-corrected chi connectivity index (χ4v) is 4.00. The minimum absolute atomic E-state index is 0.163. The molecule has 8 nitrogen and oxygen atoms in total. The summed E-state index contributed by atoms with van der Waals surface area (Å²) in [7, 11) is 0. The number of alkyl carbamates (subject to hydrolysis) is 1. The summed E-state index contributed by atoms with van der Waals surface area (Å²) in [4.78, 5) is 34.4. The van der Waals surface area contributed by atoms with Gasteiger partial charge in [-0.15, -0.1) is 12.3 Å². The van der Waals surface area contributed by atoms with Gasteiger partial charge in [-0.1, -0.05) is 55.0 Å². The first-order chi connectivity index (χ1) is 18.2. The number of nitrogens with one attached hydrogen (secondary N) is 2. The molecule has 2 aromatic heterocycles. The summed E-state index contributed by atoms with van der Waals surface area (Å²) in [5, 5.41) is 2.78. The van der Waals surface area contributed by atoms with Gasteiger partial charge < -0.3 is 10.1 Å². The van der Waals surface area contributed by atoms with Crippen LogP contribution in [0.1, 0.15) is 43.0 Å². The molecule has 0 aliphatic heterocycles. The molecule has 0 radical (unpaired) electrons. The summed E-state index contributed by atoms with van der Waals surface area (Å²) >= 11 is 0. The minimum Gasteiger partial charge on any atom is -0.445 e. The van der Waals surface area contributed by atoms with Crippen LogP contribution in [0.2, 0.25) is 0 Å². The molecule has 1 atom stereocenters. The fraction of sp³-hybridized carbons (Fsp3) is 0.241. The molecular weight excluding hydrogens is 466 g/mol. The molecule has 4 rings (SSSR count). The number of rotatable bonds is 11. The number of fused-ring (bicyclic) bond motifs is 1. The summed E-state index contributed by atoms with van der Waals surface area (Å²) in [6.45, 7) is 0.700. The molecule has 1 amide bonds. The molecule has 0 bridgehead atoms. The molecule has 0 saturated heterocycles. The number of hydrogen-bond acceptors (Lipinski definition) is 6. The van der Waals surface area contributed by atoms with Gasteiger partial charge in [0, 0.05) is 25.1 Å². The lowest BCUT2D eigenvalue weighted by molar-refractivity contribution is 0.139. The molecular formula is C29H29N5O3. The lowest BCUT2D eigenvalue weighted by Crippen LogP contribution is -2.32. The SMILES string of the molecule is C#CC[C@@H](CCCCNC(=O)OCc1ccccc1)c1nc2cccnc2c(=O)n1Nc1ccccc1. The molecule has 4 aromatic rings. The molecule has 0 spiro atoms. The van der Waals surface area contributed by atoms with Crippen LogP contribution in [0.5, 0.6) is 0 Å². The third-order valence-electron chi connectivity index (χ3n) is 5.86. The number of benzene rings is 2. The van der Waals surface area contributed by atoms with Gasteiger partial charge in [0.05, 0.1) is 11.2 Å². The van der Waals surface area contributed by atoms with Gasteiger partial charge in [-0.2, -0.15) is 0 Å². The number of terminal acetylenes is 1. The van der Waals surface area contributed by atoms with Gasteiger partial charge in [0.1, 0.15) is 12.4 Å². The number of unbranched alkanes of at least 4 members (excludes halogenated alkanes) is 1. The van der Waals surface area contributed by atoms with Crippen molar-refractivity contribution in [2.75, 3.05) is 12.0 Å². The zero-order valence-corrected chi connectivity index (χ0v) is 20.5. The Morgan fingerprint density at radius 1 is 1.03 bits per heavy atom. The second kappa shape index (κ2) is 12.9. The van der Waals surface area contributed by atoms with Gasteiger partial charge in [-0.05, 0) is 42.7 Å². The van der Waals surface area contributed by atoms with Crippen LogP contribution < -0.4 is 16.3 Å². The topological polar surface area (TPSA) is 98.1 Å². The predicted octanol–water partition coefficient (Wildman–Crippen LogP) is 4.87. The van der Waals surface area contributed by atoms with Gasteiger partial charge in [0.25, 0.3) is 5.56 Å². The summed E-state index contributed by atoms with van der Waals surface area (Å²) in [5.74, 6) is 3.12. The Morgan fingerprint density at radius 3 is 2.54 bits per heavy atom. The van der Waals surface area contributed by atoms with Crippen molar-refractivity contribution in [1.29, 1.82) is 0 Å². The molecule has 0 aliphatic rings. The highest BCUT2D eigenvalue weighted by Crippen LogP contribution is 2.24. The van der Waals surface area contributed by atoms with Crippen LogP contribution in [-0.2, 0) is 11.3 Å². The molecule has 188 valence electrons. The van der Waals surface area contributed by atoms with E-state index in [1.54, 1.807) is 18.3 Å². The predicted molar refractivity (Wildman–Crippen MR) is 144 cm³/mol. The van der Waals surface area contributed by atoms with Crippen LogP contribution in [0.15, 0.2) is 83.8 Å². The molecule has 0 saturated carbocycles. The van der Waals surface area contributed by atoms with Crippen molar-refractivity contribution in [2.45, 2.75) is 38.2 Å². The van der Waals surface area contributed by atoms with E-state index in [9.17, 15) is 9.59 Å². The van der Waals surface area contributed by atoms with Gasteiger partial charge in [0.15, 0.2) is 5.52 Å². The van der Waals surface area contributed by atoms with Gasteiger partial charge >= 0.3 is 6.09 Å². The number of anilines is 1. The van der Waals surface area contributed by atoms with Gasteiger partial charge in [-0.3, -0.25) is 10.2 Å². The smallest absolute Gasteiger partial charge is 0.407 e. The first kappa shape index (κ1) is 25.5. The van der Waals surface area contributed by atoms with Crippen molar-refractivity contribution < 1.29 is 9.53 Å². The third-order valence-corrected chi connectivity index (χ3v) is 5.86. The number of carbonyl (C=O) groups excluding carboxylic acids is 1. The maximum absolute atomic E-state index is 13.4. The van der Waals surface area contributed by atoms with E-state index in [0.29, 0.717) is 30.7 Å². The second-order valence-electron chi connectivity index (χ2n) is 8.55. The number of ether oxygens (including phenoxy) is 1. The molecule has 0 aliphatic carbocycles. The maximum atomic E-state index is 13.4. The zero-order valence-electron chi connectivity index (χ0n) is 20.5. The van der Waals surface area contributed by atoms with E-state index in [4.69, 9.17) is 16.1 Å². The molecule has 2 heterocycles. The van der Waals surface area contributed by atoms with Crippen LogP contribution >= 0.6 is 0 Å². The Hall–Kier alpha value is -4.64. The fourth-order valence-electron chi connectivity index (χ4n) is 4.00. The van der Waals surface area contributed by atoms with Gasteiger partial charge in [-0.25, -0.2) is 19.4 Å². The summed E-state index contributed by atoms with van der Waals surface area (Å²) < 4.78 is 6.70. The Balaban J connectivity index is 1.41. The Labute approximate surface area is 215 Å². The quantitative estimate of drug-likeness (QED) is 0.228. The van der Waals surface area contributed by atoms with Crippen LogP contribution in [-0.4, -0.2) is 27.3 Å². The monoisotopic (exact) mass is 495 g/mol. The van der Waals surface area contributed by atoms with Crippen LogP contribution in [0, 0.1) is 12.3 Å². The summed E-state index contributed by atoms with van der Waals surface area (Å²) in [5.41, 5.74) is 5.39. The molecule has 37 heavy (non-hydrogen) atoms. The van der Waals surface area contributed by atoms with Crippen molar-refractivity contribution in [3.63, 3.8) is 0 Å². The minimum atomic E-state index is -0.450. The van der Waals surface area contributed by atoms with E-state index in [2.05, 4.69) is 21.6 Å². The largest absolute Gasteiger partial charge is 0.445 e. The Kier molecular flexibility index (Phi) is 8.87. The van der Waals surface area contributed by atoms with Crippen LogP contribution in [0.25, 0.3) is 11.0 Å². The van der Waals surface area contributed by atoms with Crippen molar-refractivity contribution >= 4 is 22.8 Å². The maximum Gasteiger partial charge on any atom is 0.407 e. The van der Waals surface area contributed by atoms with E-state index in [1.807, 2.05) is 60.7 Å². The zero-order chi connectivity index (χ0) is 25.9. The number of nitrogens with zero attached hydrogens (tertiary/aromatic N) is 3. The lowest BCUT2D eigenvalue weighted by atomic mass is 9.97. The van der Waals surface area contributed by atoms with Crippen molar-refractivity contribution in [3.05, 3.63) is 101 Å². The second-order valence-corrected chi connectivity index (χ2v) is 8.55. The van der Waals surface area contributed by atoms with E-state index >= 15 is 0 Å². The highest BCUT2D eigenvalue weighted by Gasteiger charge is 2.20. The average Bonchev–Trinajstić information content (AvgIpc) is 2.94. The highest BCUT2D eigenvalue weighted by atomic mass is 16.5. The van der Waals surface area contributed by atoms with E-state index in [0.717, 1.165) is 24.1 Å². The molecule has 2 N–H and O–H groups in total. The molecule has 0 unspecified atom stereocenters. The molecule has 2 aromatic carbocycles. The van der Waals surface area contributed by atoms with Crippen LogP contribution in [0.3, 0.4) is 0 Å². The normalized spacial score (nSPS) is 11.4. The van der Waals surface area contributed by atoms with Crippen molar-refractivity contribution in [1.82, 2.24) is 20.0 Å². The number of aromatic nitrogens is 3. The standard InChI is InChI=1S/C29H29N5O3/c1-2-12-23(15-9-10-19-31-29(36)37-21-22-13-5-3-6-14-22)27-32-25-18-11-20-30-26(25)28(35)34(27)33-24-16-7-4-8-17-24/h1,3-8,11,13-14,16-18,20,23,33H,9-10,12,15,19,21H2,(H,31,36)/t23-/m0/s1. The number of hydrogen-bond donors (Lipinski definition) is 2. The van der Waals surface area contributed by atoms with Crippen LogP contribution in [0.4, 0.5) is 10.5 Å². The molecule has 8 heteroatoms.